The first-order valence-corrected chi connectivity index (χ1v) is 11.7. The Kier molecular flexibility index (Phi) is 7.04. The second-order valence-corrected chi connectivity index (χ2v) is 9.16. The van der Waals surface area contributed by atoms with Crippen molar-refractivity contribution >= 4 is 40.4 Å². The fraction of sp³-hybridized carbons (Fsp3) is 0.455. The van der Waals surface area contributed by atoms with Gasteiger partial charge in [-0.3, -0.25) is 14.5 Å². The molecule has 1 aromatic heterocycles. The van der Waals surface area contributed by atoms with Gasteiger partial charge in [0, 0.05) is 44.8 Å². The summed E-state index contributed by atoms with van der Waals surface area (Å²) in [7, 11) is 0. The molecule has 0 saturated carbocycles. The highest BCUT2D eigenvalue weighted by atomic mass is 35.5. The van der Waals surface area contributed by atoms with Crippen LogP contribution in [-0.2, 0) is 0 Å². The highest BCUT2D eigenvalue weighted by Gasteiger charge is 2.23. The molecule has 8 heteroatoms. The summed E-state index contributed by atoms with van der Waals surface area (Å²) in [4.78, 5) is 32.8. The molecule has 30 heavy (non-hydrogen) atoms. The average Bonchev–Trinajstić information content (AvgIpc) is 3.48. The first-order valence-electron chi connectivity index (χ1n) is 10.5. The van der Waals surface area contributed by atoms with Crippen LogP contribution in [0.1, 0.15) is 32.9 Å². The number of amides is 2. The lowest BCUT2D eigenvalue weighted by atomic mass is 10.1. The number of likely N-dealkylation sites (tertiary alicyclic amines) is 1. The number of nitrogens with one attached hydrogen (secondary N) is 1. The molecule has 0 radical (unpaired) electrons. The van der Waals surface area contributed by atoms with Crippen molar-refractivity contribution in [2.75, 3.05) is 57.7 Å². The van der Waals surface area contributed by atoms with E-state index in [1.165, 1.54) is 37.3 Å². The van der Waals surface area contributed by atoms with Crippen molar-refractivity contribution in [3.63, 3.8) is 0 Å². The number of carbonyl (C=O) groups excluding carboxylic acids is 2. The van der Waals surface area contributed by atoms with E-state index in [4.69, 9.17) is 11.6 Å². The number of benzene rings is 1. The Hall–Kier alpha value is -1.93. The summed E-state index contributed by atoms with van der Waals surface area (Å²) < 4.78 is 0. The molecule has 0 aliphatic carbocycles. The first kappa shape index (κ1) is 21.3. The number of carbonyl (C=O) groups is 2. The predicted octanol–water partition coefficient (Wildman–Crippen LogP) is 3.51. The Labute approximate surface area is 186 Å². The zero-order valence-electron chi connectivity index (χ0n) is 17.0. The molecule has 2 aromatic rings. The van der Waals surface area contributed by atoms with E-state index in [1.807, 2.05) is 16.3 Å². The lowest BCUT2D eigenvalue weighted by Crippen LogP contribution is -2.50. The second kappa shape index (κ2) is 9.92. The molecule has 3 heterocycles. The van der Waals surface area contributed by atoms with Gasteiger partial charge >= 0.3 is 0 Å². The van der Waals surface area contributed by atoms with Crippen LogP contribution < -0.4 is 5.32 Å². The zero-order chi connectivity index (χ0) is 20.9. The summed E-state index contributed by atoms with van der Waals surface area (Å²) >= 11 is 7.62. The molecule has 2 amide bonds. The van der Waals surface area contributed by atoms with Gasteiger partial charge in [-0.05, 0) is 55.6 Å². The van der Waals surface area contributed by atoms with Gasteiger partial charge in [0.25, 0.3) is 11.8 Å². The Balaban J connectivity index is 1.32. The van der Waals surface area contributed by atoms with E-state index in [9.17, 15) is 9.59 Å². The summed E-state index contributed by atoms with van der Waals surface area (Å²) in [5.74, 6) is -0.236. The first-order chi connectivity index (χ1) is 14.6. The maximum absolute atomic E-state index is 13.0. The van der Waals surface area contributed by atoms with Crippen molar-refractivity contribution in [2.45, 2.75) is 12.8 Å². The van der Waals surface area contributed by atoms with E-state index in [-0.39, 0.29) is 11.8 Å². The van der Waals surface area contributed by atoms with Crippen LogP contribution in [0.5, 0.6) is 0 Å². The van der Waals surface area contributed by atoms with Crippen molar-refractivity contribution in [1.29, 1.82) is 0 Å². The zero-order valence-corrected chi connectivity index (χ0v) is 18.6. The molecule has 1 aromatic carbocycles. The van der Waals surface area contributed by atoms with Crippen molar-refractivity contribution < 1.29 is 9.59 Å². The number of nitrogens with zero attached hydrogens (tertiary/aromatic N) is 3. The fourth-order valence-electron chi connectivity index (χ4n) is 3.99. The maximum atomic E-state index is 13.0. The molecule has 1 N–H and O–H groups in total. The van der Waals surface area contributed by atoms with Crippen LogP contribution in [0.4, 0.5) is 5.69 Å². The number of thiophene rings is 1. The van der Waals surface area contributed by atoms with Crippen LogP contribution in [0.2, 0.25) is 5.02 Å². The SMILES string of the molecule is O=C(Nc1cc(C(=O)N2CCN(CCN3CCCC3)CC2)ccc1Cl)c1cccs1. The maximum Gasteiger partial charge on any atom is 0.265 e. The standard InChI is InChI=1S/C22H27ClN4O2S/c23-18-6-5-17(16-19(18)24-21(28)20-4-3-15-30-20)22(29)27-13-11-26(12-14-27)10-9-25-7-1-2-8-25/h3-6,15-16H,1-2,7-14H2,(H,24,28). The minimum atomic E-state index is -0.219. The van der Waals surface area contributed by atoms with Gasteiger partial charge in [-0.15, -0.1) is 11.3 Å². The van der Waals surface area contributed by atoms with Gasteiger partial charge in [-0.2, -0.15) is 0 Å². The van der Waals surface area contributed by atoms with E-state index in [2.05, 4.69) is 15.1 Å². The van der Waals surface area contributed by atoms with Crippen LogP contribution in [0.15, 0.2) is 35.7 Å². The Morgan fingerprint density at radius 3 is 2.33 bits per heavy atom. The Morgan fingerprint density at radius 1 is 0.967 bits per heavy atom. The number of anilines is 1. The number of halogens is 1. The van der Waals surface area contributed by atoms with Gasteiger partial charge < -0.3 is 15.1 Å². The van der Waals surface area contributed by atoms with Crippen molar-refractivity contribution in [1.82, 2.24) is 14.7 Å². The number of rotatable bonds is 6. The van der Waals surface area contributed by atoms with Gasteiger partial charge in [-0.1, -0.05) is 17.7 Å². The van der Waals surface area contributed by atoms with E-state index in [1.54, 1.807) is 24.3 Å². The van der Waals surface area contributed by atoms with Crippen LogP contribution in [0.3, 0.4) is 0 Å². The molecule has 160 valence electrons. The third-order valence-electron chi connectivity index (χ3n) is 5.80. The molecule has 2 aliphatic rings. The van der Waals surface area contributed by atoms with Crippen molar-refractivity contribution in [3.05, 3.63) is 51.2 Å². The summed E-state index contributed by atoms with van der Waals surface area (Å²) in [5, 5.41) is 5.09. The number of hydrogen-bond donors (Lipinski definition) is 1. The number of hydrogen-bond acceptors (Lipinski definition) is 5. The monoisotopic (exact) mass is 446 g/mol. The van der Waals surface area contributed by atoms with E-state index < -0.39 is 0 Å². The summed E-state index contributed by atoms with van der Waals surface area (Å²) in [6.07, 6.45) is 2.64. The Bertz CT molecular complexity index is 875. The van der Waals surface area contributed by atoms with Gasteiger partial charge in [0.15, 0.2) is 0 Å². The molecule has 2 fully saturated rings. The quantitative estimate of drug-likeness (QED) is 0.737. The van der Waals surface area contributed by atoms with Crippen LogP contribution in [0.25, 0.3) is 0 Å². The van der Waals surface area contributed by atoms with E-state index in [0.717, 1.165) is 39.3 Å². The number of piperazine rings is 1. The molecule has 2 aliphatic heterocycles. The third kappa shape index (κ3) is 5.21. The van der Waals surface area contributed by atoms with Crippen LogP contribution >= 0.6 is 22.9 Å². The lowest BCUT2D eigenvalue weighted by Gasteiger charge is -2.35. The summed E-state index contributed by atoms with van der Waals surface area (Å²) in [6, 6.07) is 8.66. The van der Waals surface area contributed by atoms with Crippen LogP contribution in [-0.4, -0.2) is 78.9 Å². The average molecular weight is 447 g/mol. The molecule has 0 spiro atoms. The highest BCUT2D eigenvalue weighted by Crippen LogP contribution is 2.25. The third-order valence-corrected chi connectivity index (χ3v) is 7.00. The van der Waals surface area contributed by atoms with Gasteiger partial charge in [0.2, 0.25) is 0 Å². The Morgan fingerprint density at radius 2 is 1.67 bits per heavy atom. The van der Waals surface area contributed by atoms with Crippen LogP contribution in [0, 0.1) is 0 Å². The molecule has 0 bridgehead atoms. The predicted molar refractivity (Wildman–Crippen MR) is 122 cm³/mol. The second-order valence-electron chi connectivity index (χ2n) is 7.81. The highest BCUT2D eigenvalue weighted by molar-refractivity contribution is 7.12. The smallest absolute Gasteiger partial charge is 0.265 e. The largest absolute Gasteiger partial charge is 0.336 e. The van der Waals surface area contributed by atoms with Gasteiger partial charge in [0.1, 0.15) is 0 Å². The summed E-state index contributed by atoms with van der Waals surface area (Å²) in [6.45, 7) is 7.88. The van der Waals surface area contributed by atoms with E-state index >= 15 is 0 Å². The van der Waals surface area contributed by atoms with E-state index in [0.29, 0.717) is 21.2 Å². The minimum Gasteiger partial charge on any atom is -0.336 e. The normalized spacial score (nSPS) is 18.0. The lowest BCUT2D eigenvalue weighted by molar-refractivity contribution is 0.0626. The van der Waals surface area contributed by atoms with Crippen molar-refractivity contribution in [3.8, 4) is 0 Å². The molecule has 4 rings (SSSR count). The van der Waals surface area contributed by atoms with Crippen molar-refractivity contribution in [2.24, 2.45) is 0 Å². The van der Waals surface area contributed by atoms with Gasteiger partial charge in [-0.25, -0.2) is 0 Å². The minimum absolute atomic E-state index is 0.0162. The summed E-state index contributed by atoms with van der Waals surface area (Å²) in [5.41, 5.74) is 1.01. The molecule has 0 unspecified atom stereocenters. The molecule has 2 saturated heterocycles. The molecular formula is C22H27ClN4O2S. The topological polar surface area (TPSA) is 55.9 Å². The fourth-order valence-corrected chi connectivity index (χ4v) is 4.78. The molecule has 6 nitrogen and oxygen atoms in total. The molecular weight excluding hydrogens is 420 g/mol. The molecule has 0 atom stereocenters. The van der Waals surface area contributed by atoms with Gasteiger partial charge in [0.05, 0.1) is 15.6 Å².